The maximum Gasteiger partial charge on any atom is 0.238 e. The average Bonchev–Trinajstić information content (AvgIpc) is 3.65. The van der Waals surface area contributed by atoms with Crippen molar-refractivity contribution in [2.75, 3.05) is 49.5 Å². The van der Waals surface area contributed by atoms with Crippen molar-refractivity contribution in [2.45, 2.75) is 39.2 Å². The first-order chi connectivity index (χ1) is 15.9. The molecule has 1 aliphatic heterocycles. The molecule has 1 N–H and O–H groups in total. The molecule has 2 aromatic carbocycles. The molecule has 176 valence electrons. The van der Waals surface area contributed by atoms with Crippen LogP contribution in [0.4, 0.5) is 15.8 Å². The highest BCUT2D eigenvalue weighted by atomic mass is 19.1. The third-order valence-corrected chi connectivity index (χ3v) is 6.51. The highest BCUT2D eigenvalue weighted by molar-refractivity contribution is 5.93. The molecule has 0 aromatic heterocycles. The molecule has 1 saturated carbocycles. The van der Waals surface area contributed by atoms with Crippen LogP contribution >= 0.6 is 0 Å². The molecule has 2 aromatic rings. The molecule has 0 unspecified atom stereocenters. The molecule has 1 heterocycles. The molecule has 6 nitrogen and oxygen atoms in total. The summed E-state index contributed by atoms with van der Waals surface area (Å²) in [4.78, 5) is 31.7. The van der Waals surface area contributed by atoms with Gasteiger partial charge in [0.15, 0.2) is 0 Å². The van der Waals surface area contributed by atoms with Crippen LogP contribution in [0.2, 0.25) is 0 Å². The fraction of sp³-hybridized carbons (Fsp3) is 0.462. The largest absolute Gasteiger partial charge is 0.368 e. The number of aryl methyl sites for hydroxylation is 2. The number of anilines is 2. The van der Waals surface area contributed by atoms with Crippen molar-refractivity contribution in [3.63, 3.8) is 0 Å². The van der Waals surface area contributed by atoms with Crippen LogP contribution in [0.5, 0.6) is 0 Å². The normalized spacial score (nSPS) is 16.2. The predicted molar refractivity (Wildman–Crippen MR) is 129 cm³/mol. The Labute approximate surface area is 195 Å². The number of nitrogens with zero attached hydrogens (tertiary/aromatic N) is 3. The summed E-state index contributed by atoms with van der Waals surface area (Å²) in [7, 11) is 0. The first-order valence-electron chi connectivity index (χ1n) is 11.8. The summed E-state index contributed by atoms with van der Waals surface area (Å²) in [5.41, 5.74) is 3.99. The van der Waals surface area contributed by atoms with E-state index >= 15 is 0 Å². The van der Waals surface area contributed by atoms with Crippen LogP contribution in [0.25, 0.3) is 0 Å². The smallest absolute Gasteiger partial charge is 0.238 e. The maximum absolute atomic E-state index is 13.2. The molecule has 0 bridgehead atoms. The van der Waals surface area contributed by atoms with E-state index in [1.165, 1.54) is 12.1 Å². The second-order valence-electron chi connectivity index (χ2n) is 9.16. The number of nitrogens with one attached hydrogen (secondary N) is 1. The van der Waals surface area contributed by atoms with Crippen LogP contribution in [0.3, 0.4) is 0 Å². The lowest BCUT2D eigenvalue weighted by molar-refractivity contribution is -0.132. The van der Waals surface area contributed by atoms with E-state index in [1.807, 2.05) is 36.9 Å². The molecule has 0 radical (unpaired) electrons. The molecule has 0 spiro atoms. The van der Waals surface area contributed by atoms with Crippen molar-refractivity contribution in [1.82, 2.24) is 9.80 Å². The summed E-state index contributed by atoms with van der Waals surface area (Å²) in [6.07, 6.45) is 2.59. The Morgan fingerprint density at radius 3 is 2.39 bits per heavy atom. The van der Waals surface area contributed by atoms with Gasteiger partial charge in [0.1, 0.15) is 5.82 Å². The van der Waals surface area contributed by atoms with E-state index in [2.05, 4.69) is 15.1 Å². The van der Waals surface area contributed by atoms with Crippen LogP contribution in [0.15, 0.2) is 42.5 Å². The molecule has 0 atom stereocenters. The van der Waals surface area contributed by atoms with Crippen molar-refractivity contribution in [3.05, 3.63) is 59.4 Å². The van der Waals surface area contributed by atoms with Crippen LogP contribution in [-0.4, -0.2) is 66.9 Å². The van der Waals surface area contributed by atoms with Crippen LogP contribution in [0.1, 0.15) is 30.4 Å². The number of carbonyl (C=O) groups excluding carboxylic acids is 2. The minimum absolute atomic E-state index is 0.0315. The molecular formula is C26H33FN4O2. The van der Waals surface area contributed by atoms with Gasteiger partial charge in [0.25, 0.3) is 0 Å². The summed E-state index contributed by atoms with van der Waals surface area (Å²) in [6, 6.07) is 12.9. The number of amides is 2. The molecule has 1 saturated heterocycles. The van der Waals surface area contributed by atoms with Crippen molar-refractivity contribution in [3.8, 4) is 0 Å². The first-order valence-corrected chi connectivity index (χ1v) is 11.8. The molecule has 4 rings (SSSR count). The van der Waals surface area contributed by atoms with Gasteiger partial charge in [-0.1, -0.05) is 12.1 Å². The van der Waals surface area contributed by atoms with E-state index in [0.29, 0.717) is 38.6 Å². The number of hydrogen-bond acceptors (Lipinski definition) is 4. The number of rotatable bonds is 8. The number of benzene rings is 2. The topological polar surface area (TPSA) is 55.9 Å². The highest BCUT2D eigenvalue weighted by Gasteiger charge is 2.31. The summed E-state index contributed by atoms with van der Waals surface area (Å²) >= 11 is 0. The predicted octanol–water partition coefficient (Wildman–Crippen LogP) is 3.58. The fourth-order valence-electron chi connectivity index (χ4n) is 4.34. The second kappa shape index (κ2) is 10.3. The molecule has 7 heteroatoms. The fourth-order valence-corrected chi connectivity index (χ4v) is 4.34. The van der Waals surface area contributed by atoms with Crippen LogP contribution < -0.4 is 10.2 Å². The zero-order valence-electron chi connectivity index (χ0n) is 19.5. The molecular weight excluding hydrogens is 419 g/mol. The van der Waals surface area contributed by atoms with Gasteiger partial charge < -0.3 is 15.1 Å². The van der Waals surface area contributed by atoms with Crippen molar-refractivity contribution in [2.24, 2.45) is 0 Å². The Morgan fingerprint density at radius 1 is 1.03 bits per heavy atom. The Kier molecular flexibility index (Phi) is 7.28. The van der Waals surface area contributed by atoms with Gasteiger partial charge in [-0.2, -0.15) is 0 Å². The van der Waals surface area contributed by atoms with E-state index in [4.69, 9.17) is 0 Å². The lowest BCUT2D eigenvalue weighted by Gasteiger charge is -2.36. The van der Waals surface area contributed by atoms with Gasteiger partial charge in [-0.05, 0) is 68.1 Å². The third kappa shape index (κ3) is 6.32. The maximum atomic E-state index is 13.2. The number of carbonyl (C=O) groups is 2. The summed E-state index contributed by atoms with van der Waals surface area (Å²) in [6.45, 7) is 7.70. The zero-order chi connectivity index (χ0) is 23.4. The van der Waals surface area contributed by atoms with E-state index < -0.39 is 0 Å². The third-order valence-electron chi connectivity index (χ3n) is 6.51. The molecule has 2 amide bonds. The Morgan fingerprint density at radius 2 is 1.73 bits per heavy atom. The van der Waals surface area contributed by atoms with Gasteiger partial charge in [0.2, 0.25) is 11.8 Å². The lowest BCUT2D eigenvalue weighted by atomic mass is 10.1. The summed E-state index contributed by atoms with van der Waals surface area (Å²) in [5.74, 6) is -0.138. The van der Waals surface area contributed by atoms with Crippen molar-refractivity contribution >= 4 is 23.2 Å². The SMILES string of the molecule is Cc1ccc(C)c(NC(=O)CN(CCC(=O)N2CCN(c3ccc(F)cc3)CC2)C2CC2)c1. The Hall–Kier alpha value is -2.93. The first kappa shape index (κ1) is 23.2. The number of halogens is 1. The molecule has 2 fully saturated rings. The zero-order valence-corrected chi connectivity index (χ0v) is 19.5. The van der Waals surface area contributed by atoms with E-state index in [1.54, 1.807) is 12.1 Å². The number of piperazine rings is 1. The Bertz CT molecular complexity index is 982. The average molecular weight is 453 g/mol. The van der Waals surface area contributed by atoms with E-state index in [-0.39, 0.29) is 17.6 Å². The minimum atomic E-state index is -0.240. The van der Waals surface area contributed by atoms with Gasteiger partial charge in [-0.15, -0.1) is 0 Å². The van der Waals surface area contributed by atoms with Crippen molar-refractivity contribution in [1.29, 1.82) is 0 Å². The van der Waals surface area contributed by atoms with Gasteiger partial charge in [-0.3, -0.25) is 14.5 Å². The Balaban J connectivity index is 1.24. The van der Waals surface area contributed by atoms with Crippen LogP contribution in [-0.2, 0) is 9.59 Å². The molecule has 33 heavy (non-hydrogen) atoms. The monoisotopic (exact) mass is 452 g/mol. The minimum Gasteiger partial charge on any atom is -0.368 e. The van der Waals surface area contributed by atoms with E-state index in [0.717, 1.165) is 48.4 Å². The van der Waals surface area contributed by atoms with Gasteiger partial charge in [0.05, 0.1) is 6.54 Å². The van der Waals surface area contributed by atoms with Gasteiger partial charge in [-0.25, -0.2) is 4.39 Å². The second-order valence-corrected chi connectivity index (χ2v) is 9.16. The van der Waals surface area contributed by atoms with E-state index in [9.17, 15) is 14.0 Å². The summed E-state index contributed by atoms with van der Waals surface area (Å²) in [5, 5.41) is 3.03. The standard InChI is InChI=1S/C26H33FN4O2/c1-19-3-4-20(2)24(17-19)28-25(32)18-31(23-9-10-23)12-11-26(33)30-15-13-29(14-16-30)22-7-5-21(27)6-8-22/h3-8,17,23H,9-16,18H2,1-2H3,(H,28,32). The van der Waals surface area contributed by atoms with Crippen LogP contribution in [0, 0.1) is 19.7 Å². The molecule has 2 aliphatic rings. The summed E-state index contributed by atoms with van der Waals surface area (Å²) < 4.78 is 13.2. The highest BCUT2D eigenvalue weighted by Crippen LogP contribution is 2.27. The quantitative estimate of drug-likeness (QED) is 0.665. The number of hydrogen-bond donors (Lipinski definition) is 1. The van der Waals surface area contributed by atoms with Gasteiger partial charge in [0, 0.05) is 56.6 Å². The molecule has 1 aliphatic carbocycles. The lowest BCUT2D eigenvalue weighted by Crippen LogP contribution is -2.49. The van der Waals surface area contributed by atoms with Gasteiger partial charge >= 0.3 is 0 Å². The van der Waals surface area contributed by atoms with Crippen molar-refractivity contribution < 1.29 is 14.0 Å².